The van der Waals surface area contributed by atoms with Crippen molar-refractivity contribution >= 4 is 17.5 Å². The lowest BCUT2D eigenvalue weighted by molar-refractivity contribution is -0.384. The zero-order valence-corrected chi connectivity index (χ0v) is 7.97. The summed E-state index contributed by atoms with van der Waals surface area (Å²) in [6.07, 6.45) is 1.53. The number of carbonyl (C=O) groups excluding carboxylic acids is 1. The van der Waals surface area contributed by atoms with Gasteiger partial charge < -0.3 is 4.84 Å². The van der Waals surface area contributed by atoms with E-state index in [1.165, 1.54) is 18.3 Å². The molecule has 0 aliphatic carbocycles. The molecule has 0 aliphatic heterocycles. The van der Waals surface area contributed by atoms with Crippen LogP contribution in [0.5, 0.6) is 0 Å². The molecule has 0 fully saturated rings. The molecule has 1 rings (SSSR count). The Morgan fingerprint density at radius 2 is 2.47 bits per heavy atom. The minimum Gasteiger partial charge on any atom is -0.342 e. The molecular weight excluding hydrogens is 202 g/mol. The molecule has 1 N–H and O–H groups in total. The van der Waals surface area contributed by atoms with E-state index in [1.54, 1.807) is 6.92 Å². The summed E-state index contributed by atoms with van der Waals surface area (Å²) < 4.78 is 0. The van der Waals surface area contributed by atoms with Crippen molar-refractivity contribution < 1.29 is 14.6 Å². The third-order valence-corrected chi connectivity index (χ3v) is 1.53. The van der Waals surface area contributed by atoms with Crippen LogP contribution < -0.4 is 5.48 Å². The van der Waals surface area contributed by atoms with Crippen LogP contribution in [0.1, 0.15) is 13.3 Å². The molecule has 0 unspecified atom stereocenters. The summed E-state index contributed by atoms with van der Waals surface area (Å²) in [6, 6.07) is 2.68. The van der Waals surface area contributed by atoms with Crippen LogP contribution in [0, 0.1) is 10.1 Å². The Balaban J connectivity index is 2.76. The van der Waals surface area contributed by atoms with Crippen molar-refractivity contribution in [3.63, 3.8) is 0 Å². The fourth-order valence-electron chi connectivity index (χ4n) is 0.800. The summed E-state index contributed by atoms with van der Waals surface area (Å²) in [6.45, 7) is 1.61. The van der Waals surface area contributed by atoms with Gasteiger partial charge in [-0.3, -0.25) is 10.1 Å². The Morgan fingerprint density at radius 1 is 1.73 bits per heavy atom. The lowest BCUT2D eigenvalue weighted by Gasteiger charge is -2.04. The zero-order valence-electron chi connectivity index (χ0n) is 7.97. The van der Waals surface area contributed by atoms with Crippen molar-refractivity contribution in [2.24, 2.45) is 0 Å². The number of nitrogens with zero attached hydrogens (tertiary/aromatic N) is 2. The monoisotopic (exact) mass is 211 g/mol. The Bertz CT molecular complexity index is 380. The molecule has 15 heavy (non-hydrogen) atoms. The van der Waals surface area contributed by atoms with Gasteiger partial charge in [0.05, 0.1) is 4.92 Å². The molecule has 1 heterocycles. The smallest absolute Gasteiger partial charge is 0.331 e. The van der Waals surface area contributed by atoms with E-state index in [2.05, 4.69) is 15.3 Å². The van der Waals surface area contributed by atoms with E-state index in [-0.39, 0.29) is 17.9 Å². The highest BCUT2D eigenvalue weighted by Crippen LogP contribution is 2.19. The van der Waals surface area contributed by atoms with Crippen LogP contribution in [-0.4, -0.2) is 15.9 Å². The molecule has 1 aromatic rings. The van der Waals surface area contributed by atoms with Gasteiger partial charge in [-0.05, 0) is 6.07 Å². The maximum absolute atomic E-state index is 10.8. The van der Waals surface area contributed by atoms with E-state index in [0.29, 0.717) is 0 Å². The summed E-state index contributed by atoms with van der Waals surface area (Å²) in [5.41, 5.74) is 1.89. The molecule has 0 amide bonds. The molecule has 0 saturated carbocycles. The second-order valence-electron chi connectivity index (χ2n) is 2.56. The highest BCUT2D eigenvalue weighted by Gasteiger charge is 2.14. The fraction of sp³-hybridized carbons (Fsp3) is 0.250. The summed E-state index contributed by atoms with van der Waals surface area (Å²) in [5, 5.41) is 10.5. The Labute approximate surface area is 85.2 Å². The number of aromatic nitrogens is 1. The quantitative estimate of drug-likeness (QED) is 0.595. The standard InChI is InChI=1S/C8H9N3O4/c1-2-7(12)15-10-8-6(11(13)14)4-3-5-9-8/h3-5H,2H2,1H3,(H,9,10). The number of hydrogen-bond donors (Lipinski definition) is 1. The Kier molecular flexibility index (Phi) is 3.55. The number of anilines is 1. The number of pyridine rings is 1. The molecule has 0 radical (unpaired) electrons. The molecule has 7 nitrogen and oxygen atoms in total. The fourth-order valence-corrected chi connectivity index (χ4v) is 0.800. The van der Waals surface area contributed by atoms with Crippen molar-refractivity contribution in [2.45, 2.75) is 13.3 Å². The van der Waals surface area contributed by atoms with E-state index in [9.17, 15) is 14.9 Å². The number of nitrogens with one attached hydrogen (secondary N) is 1. The van der Waals surface area contributed by atoms with Gasteiger partial charge in [-0.15, -0.1) is 0 Å². The Morgan fingerprint density at radius 3 is 3.07 bits per heavy atom. The highest BCUT2D eigenvalue weighted by atomic mass is 16.7. The SMILES string of the molecule is CCC(=O)ONc1ncccc1[N+](=O)[O-]. The molecular formula is C8H9N3O4. The van der Waals surface area contributed by atoms with Crippen LogP contribution in [-0.2, 0) is 9.63 Å². The van der Waals surface area contributed by atoms with Gasteiger partial charge in [-0.25, -0.2) is 9.78 Å². The number of hydrogen-bond acceptors (Lipinski definition) is 6. The molecule has 0 aromatic carbocycles. The maximum atomic E-state index is 10.8. The van der Waals surface area contributed by atoms with Gasteiger partial charge in [0.15, 0.2) is 0 Å². The number of rotatable bonds is 4. The molecule has 0 spiro atoms. The van der Waals surface area contributed by atoms with Gasteiger partial charge in [-0.2, -0.15) is 5.48 Å². The predicted octanol–water partition coefficient (Wildman–Crippen LogP) is 1.27. The van der Waals surface area contributed by atoms with Gasteiger partial charge in [0.2, 0.25) is 5.82 Å². The molecule has 80 valence electrons. The van der Waals surface area contributed by atoms with E-state index in [0.717, 1.165) is 0 Å². The average Bonchev–Trinajstić information content (AvgIpc) is 2.26. The maximum Gasteiger partial charge on any atom is 0.331 e. The molecule has 0 aliphatic rings. The number of nitro groups is 1. The van der Waals surface area contributed by atoms with E-state index in [4.69, 9.17) is 0 Å². The van der Waals surface area contributed by atoms with Crippen LogP contribution in [0.2, 0.25) is 0 Å². The zero-order chi connectivity index (χ0) is 11.3. The predicted molar refractivity (Wildman–Crippen MR) is 50.9 cm³/mol. The van der Waals surface area contributed by atoms with Crippen molar-refractivity contribution in [3.8, 4) is 0 Å². The van der Waals surface area contributed by atoms with Gasteiger partial charge in [-0.1, -0.05) is 6.92 Å². The van der Waals surface area contributed by atoms with E-state index >= 15 is 0 Å². The third kappa shape index (κ3) is 2.90. The molecule has 0 bridgehead atoms. The van der Waals surface area contributed by atoms with Crippen LogP contribution >= 0.6 is 0 Å². The highest BCUT2D eigenvalue weighted by molar-refractivity contribution is 5.70. The normalized spacial score (nSPS) is 9.40. The first-order valence-electron chi connectivity index (χ1n) is 4.20. The molecule has 0 atom stereocenters. The minimum atomic E-state index is -0.616. The first-order chi connectivity index (χ1) is 7.15. The van der Waals surface area contributed by atoms with E-state index in [1.807, 2.05) is 0 Å². The van der Waals surface area contributed by atoms with Gasteiger partial charge >= 0.3 is 11.7 Å². The second kappa shape index (κ2) is 4.89. The van der Waals surface area contributed by atoms with Crippen LogP contribution in [0.3, 0.4) is 0 Å². The van der Waals surface area contributed by atoms with Gasteiger partial charge in [0.25, 0.3) is 0 Å². The Hall–Kier alpha value is -2.18. The van der Waals surface area contributed by atoms with Crippen molar-refractivity contribution in [1.82, 2.24) is 4.98 Å². The third-order valence-electron chi connectivity index (χ3n) is 1.53. The van der Waals surface area contributed by atoms with Crippen LogP contribution in [0.4, 0.5) is 11.5 Å². The van der Waals surface area contributed by atoms with Crippen LogP contribution in [0.15, 0.2) is 18.3 Å². The second-order valence-corrected chi connectivity index (χ2v) is 2.56. The van der Waals surface area contributed by atoms with Crippen molar-refractivity contribution in [3.05, 3.63) is 28.4 Å². The first-order valence-corrected chi connectivity index (χ1v) is 4.20. The summed E-state index contributed by atoms with van der Waals surface area (Å²) in [4.78, 5) is 28.9. The number of carbonyl (C=O) groups is 1. The molecule has 7 heteroatoms. The molecule has 0 saturated heterocycles. The van der Waals surface area contributed by atoms with E-state index < -0.39 is 10.9 Å². The lowest BCUT2D eigenvalue weighted by Crippen LogP contribution is -2.11. The van der Waals surface area contributed by atoms with Crippen molar-refractivity contribution in [1.29, 1.82) is 0 Å². The van der Waals surface area contributed by atoms with Crippen molar-refractivity contribution in [2.75, 3.05) is 5.48 Å². The largest absolute Gasteiger partial charge is 0.342 e. The summed E-state index contributed by atoms with van der Waals surface area (Å²) >= 11 is 0. The average molecular weight is 211 g/mol. The topological polar surface area (TPSA) is 94.4 Å². The lowest BCUT2D eigenvalue weighted by atomic mass is 10.4. The summed E-state index contributed by atoms with van der Waals surface area (Å²) in [7, 11) is 0. The summed E-state index contributed by atoms with van der Waals surface area (Å²) in [5.74, 6) is -0.612. The van der Waals surface area contributed by atoms with Gasteiger partial charge in [0.1, 0.15) is 0 Å². The minimum absolute atomic E-state index is 0.0932. The van der Waals surface area contributed by atoms with Crippen LogP contribution in [0.25, 0.3) is 0 Å². The first kappa shape index (κ1) is 10.9. The molecule has 1 aromatic heterocycles. The van der Waals surface area contributed by atoms with Gasteiger partial charge in [0, 0.05) is 18.7 Å².